The second kappa shape index (κ2) is 5.37. The summed E-state index contributed by atoms with van der Waals surface area (Å²) in [5.41, 5.74) is 8.55. The van der Waals surface area contributed by atoms with Gasteiger partial charge >= 0.3 is 0 Å². The Bertz CT molecular complexity index is 715. The molecule has 1 saturated carbocycles. The smallest absolute Gasteiger partial charge is 0.256 e. The number of nitrogens with two attached hydrogens (primary N) is 1. The monoisotopic (exact) mass is 284 g/mol. The van der Waals surface area contributed by atoms with Crippen LogP contribution in [0.4, 0.5) is 0 Å². The number of methoxy groups -OCH3 is 1. The molecular weight excluding hydrogens is 264 g/mol. The second-order valence-electron chi connectivity index (χ2n) is 5.60. The van der Waals surface area contributed by atoms with E-state index in [2.05, 4.69) is 0 Å². The van der Waals surface area contributed by atoms with Crippen molar-refractivity contribution in [1.29, 1.82) is 0 Å². The van der Waals surface area contributed by atoms with Crippen LogP contribution in [0.1, 0.15) is 37.4 Å². The van der Waals surface area contributed by atoms with Gasteiger partial charge in [-0.3, -0.25) is 4.79 Å². The van der Waals surface area contributed by atoms with Gasteiger partial charge in [0.1, 0.15) is 5.75 Å². The molecule has 1 heterocycles. The molecule has 1 aliphatic rings. The second-order valence-corrected chi connectivity index (χ2v) is 5.60. The van der Waals surface area contributed by atoms with E-state index in [0.29, 0.717) is 11.6 Å². The Hall–Kier alpha value is -2.07. The summed E-state index contributed by atoms with van der Waals surface area (Å²) in [6.07, 6.45) is 2.11. The Morgan fingerprint density at radius 3 is 2.67 bits per heavy atom. The molecule has 0 bridgehead atoms. The first-order valence-electron chi connectivity index (χ1n) is 7.27. The van der Waals surface area contributed by atoms with Crippen LogP contribution in [0.25, 0.3) is 11.3 Å². The third-order valence-electron chi connectivity index (χ3n) is 3.91. The first-order valence-corrected chi connectivity index (χ1v) is 7.27. The lowest BCUT2D eigenvalue weighted by Gasteiger charge is -2.16. The average molecular weight is 284 g/mol. The van der Waals surface area contributed by atoms with Crippen molar-refractivity contribution in [3.05, 3.63) is 52.3 Å². The fraction of sp³-hybridized carbons (Fsp3) is 0.353. The van der Waals surface area contributed by atoms with E-state index in [4.69, 9.17) is 10.5 Å². The predicted molar refractivity (Wildman–Crippen MR) is 83.6 cm³/mol. The topological polar surface area (TPSA) is 57.2 Å². The third kappa shape index (κ3) is 2.59. The van der Waals surface area contributed by atoms with Crippen LogP contribution in [0.2, 0.25) is 0 Å². The highest BCUT2D eigenvalue weighted by Gasteiger charge is 2.28. The molecule has 110 valence electrons. The minimum atomic E-state index is -0.248. The van der Waals surface area contributed by atoms with E-state index < -0.39 is 0 Å². The van der Waals surface area contributed by atoms with E-state index in [9.17, 15) is 4.79 Å². The molecule has 1 unspecified atom stereocenters. The van der Waals surface area contributed by atoms with E-state index in [1.165, 1.54) is 0 Å². The molecule has 2 N–H and O–H groups in total. The number of ether oxygens (including phenoxy) is 1. The predicted octanol–water partition coefficient (Wildman–Crippen LogP) is 2.88. The van der Waals surface area contributed by atoms with Crippen LogP contribution in [0.15, 0.2) is 41.2 Å². The summed E-state index contributed by atoms with van der Waals surface area (Å²) >= 11 is 0. The van der Waals surface area contributed by atoms with Gasteiger partial charge in [-0.15, -0.1) is 0 Å². The number of hydrogen-bond acceptors (Lipinski definition) is 3. The zero-order chi connectivity index (χ0) is 15.0. The van der Waals surface area contributed by atoms with Crippen molar-refractivity contribution in [2.75, 3.05) is 7.11 Å². The minimum absolute atomic E-state index is 0.0350. The molecule has 0 aliphatic heterocycles. The fourth-order valence-corrected chi connectivity index (χ4v) is 2.63. The summed E-state index contributed by atoms with van der Waals surface area (Å²) in [5, 5.41) is 0. The summed E-state index contributed by atoms with van der Waals surface area (Å²) < 4.78 is 7.17. The summed E-state index contributed by atoms with van der Waals surface area (Å²) in [6, 6.07) is 11.7. The van der Waals surface area contributed by atoms with Crippen LogP contribution >= 0.6 is 0 Å². The van der Waals surface area contributed by atoms with Crippen molar-refractivity contribution in [3.63, 3.8) is 0 Å². The average Bonchev–Trinajstić information content (AvgIpc) is 3.31. The molecule has 1 fully saturated rings. The molecule has 4 nitrogen and oxygen atoms in total. The molecule has 0 radical (unpaired) electrons. The van der Waals surface area contributed by atoms with E-state index in [0.717, 1.165) is 29.8 Å². The van der Waals surface area contributed by atoms with Crippen LogP contribution in [-0.4, -0.2) is 11.7 Å². The first kappa shape index (κ1) is 13.9. The molecule has 1 atom stereocenters. The van der Waals surface area contributed by atoms with Crippen LogP contribution in [0, 0.1) is 0 Å². The maximum absolute atomic E-state index is 12.7. The lowest BCUT2D eigenvalue weighted by atomic mass is 10.1. The molecule has 21 heavy (non-hydrogen) atoms. The Balaban J connectivity index is 2.18. The molecule has 1 aromatic carbocycles. The zero-order valence-electron chi connectivity index (χ0n) is 12.4. The van der Waals surface area contributed by atoms with Gasteiger partial charge in [0.05, 0.1) is 12.8 Å². The molecule has 2 aromatic rings. The maximum Gasteiger partial charge on any atom is 0.256 e. The molecule has 1 aliphatic carbocycles. The molecule has 0 amide bonds. The van der Waals surface area contributed by atoms with Crippen molar-refractivity contribution in [2.24, 2.45) is 5.73 Å². The molecular formula is C17H20N2O2. The number of benzene rings is 1. The number of rotatable bonds is 4. The van der Waals surface area contributed by atoms with Crippen molar-refractivity contribution in [2.45, 2.75) is 31.8 Å². The molecule has 0 spiro atoms. The molecule has 3 rings (SSSR count). The summed E-state index contributed by atoms with van der Waals surface area (Å²) in [7, 11) is 1.65. The van der Waals surface area contributed by atoms with E-state index >= 15 is 0 Å². The van der Waals surface area contributed by atoms with Crippen molar-refractivity contribution in [3.8, 4) is 17.0 Å². The van der Waals surface area contributed by atoms with Crippen molar-refractivity contribution in [1.82, 2.24) is 4.57 Å². The maximum atomic E-state index is 12.7. The quantitative estimate of drug-likeness (QED) is 0.939. The van der Waals surface area contributed by atoms with E-state index in [-0.39, 0.29) is 11.6 Å². The van der Waals surface area contributed by atoms with Crippen LogP contribution in [-0.2, 0) is 0 Å². The third-order valence-corrected chi connectivity index (χ3v) is 3.91. The number of pyridine rings is 1. The van der Waals surface area contributed by atoms with Crippen LogP contribution in [0.5, 0.6) is 5.75 Å². The van der Waals surface area contributed by atoms with Crippen LogP contribution < -0.4 is 16.0 Å². The number of hydrogen-bond donors (Lipinski definition) is 1. The zero-order valence-corrected chi connectivity index (χ0v) is 12.4. The van der Waals surface area contributed by atoms with Gasteiger partial charge in [-0.05, 0) is 44.0 Å². The highest BCUT2D eigenvalue weighted by molar-refractivity contribution is 5.62. The van der Waals surface area contributed by atoms with Gasteiger partial charge in [0.2, 0.25) is 0 Å². The fourth-order valence-electron chi connectivity index (χ4n) is 2.63. The highest BCUT2D eigenvalue weighted by atomic mass is 16.5. The highest BCUT2D eigenvalue weighted by Crippen LogP contribution is 2.37. The Morgan fingerprint density at radius 1 is 1.29 bits per heavy atom. The summed E-state index contributed by atoms with van der Waals surface area (Å²) in [6.45, 7) is 1.85. The summed E-state index contributed by atoms with van der Waals surface area (Å²) in [4.78, 5) is 12.7. The van der Waals surface area contributed by atoms with Gasteiger partial charge < -0.3 is 15.0 Å². The number of nitrogens with zero attached hydrogens (tertiary/aromatic N) is 1. The largest absolute Gasteiger partial charge is 0.497 e. The van der Waals surface area contributed by atoms with Gasteiger partial charge in [-0.2, -0.15) is 0 Å². The normalized spacial score (nSPS) is 15.8. The first-order chi connectivity index (χ1) is 10.1. The molecule has 0 saturated heterocycles. The summed E-state index contributed by atoms with van der Waals surface area (Å²) in [5.74, 6) is 0.790. The Kier molecular flexibility index (Phi) is 3.55. The Labute approximate surface area is 124 Å². The van der Waals surface area contributed by atoms with Gasteiger partial charge in [0, 0.05) is 23.2 Å². The van der Waals surface area contributed by atoms with Gasteiger partial charge in [-0.1, -0.05) is 12.1 Å². The lowest BCUT2D eigenvalue weighted by molar-refractivity contribution is 0.415. The van der Waals surface area contributed by atoms with Crippen molar-refractivity contribution < 1.29 is 4.74 Å². The number of aromatic nitrogens is 1. The molecule has 4 heteroatoms. The Morgan fingerprint density at radius 2 is 2.05 bits per heavy atom. The SMILES string of the molecule is COc1cccc(-c2ccc(C(C)N)c(=O)n2C2CC2)c1. The van der Waals surface area contributed by atoms with E-state index in [1.807, 2.05) is 47.9 Å². The van der Waals surface area contributed by atoms with Crippen LogP contribution in [0.3, 0.4) is 0 Å². The van der Waals surface area contributed by atoms with Gasteiger partial charge in [0.25, 0.3) is 5.56 Å². The lowest BCUT2D eigenvalue weighted by Crippen LogP contribution is -2.27. The van der Waals surface area contributed by atoms with E-state index in [1.54, 1.807) is 7.11 Å². The van der Waals surface area contributed by atoms with Gasteiger partial charge in [-0.25, -0.2) is 0 Å². The van der Waals surface area contributed by atoms with Crippen molar-refractivity contribution >= 4 is 0 Å². The minimum Gasteiger partial charge on any atom is -0.497 e. The molecule has 1 aromatic heterocycles. The standard InChI is InChI=1S/C17H20N2O2/c1-11(18)15-8-9-16(19(17(15)20)13-6-7-13)12-4-3-5-14(10-12)21-2/h3-5,8-11,13H,6-7,18H2,1-2H3. The van der Waals surface area contributed by atoms with Gasteiger partial charge in [0.15, 0.2) is 0 Å².